The molecule has 0 bridgehead atoms. The first-order chi connectivity index (χ1) is 11.9. The molecule has 2 unspecified atom stereocenters. The van der Waals surface area contributed by atoms with Gasteiger partial charge in [0, 0.05) is 37.3 Å². The van der Waals surface area contributed by atoms with Crippen molar-refractivity contribution in [3.63, 3.8) is 0 Å². The highest BCUT2D eigenvalue weighted by atomic mass is 35.5. The van der Waals surface area contributed by atoms with E-state index in [2.05, 4.69) is 22.5 Å². The Bertz CT molecular complexity index is 716. The summed E-state index contributed by atoms with van der Waals surface area (Å²) in [5, 5.41) is 6.52. The van der Waals surface area contributed by atoms with Crippen molar-refractivity contribution < 1.29 is 13.2 Å². The Kier molecular flexibility index (Phi) is 9.51. The van der Waals surface area contributed by atoms with Gasteiger partial charge in [0.1, 0.15) is 0 Å². The molecule has 0 saturated carbocycles. The van der Waals surface area contributed by atoms with Gasteiger partial charge in [-0.15, -0.1) is 24.8 Å². The zero-order chi connectivity index (χ0) is 17.9. The summed E-state index contributed by atoms with van der Waals surface area (Å²) < 4.78 is 23.0. The number of hydrogen-bond donors (Lipinski definition) is 2. The minimum absolute atomic E-state index is 0. The fourth-order valence-corrected chi connectivity index (χ4v) is 4.79. The Hall–Kier alpha value is -0.860. The van der Waals surface area contributed by atoms with Crippen LogP contribution in [-0.4, -0.2) is 62.4 Å². The second kappa shape index (κ2) is 10.6. The number of rotatable bonds is 4. The van der Waals surface area contributed by atoms with E-state index in [1.165, 1.54) is 0 Å². The number of nitrogens with one attached hydrogen (secondary N) is 2. The van der Waals surface area contributed by atoms with Crippen LogP contribution in [0.15, 0.2) is 24.3 Å². The van der Waals surface area contributed by atoms with Crippen molar-refractivity contribution in [2.24, 2.45) is 0 Å². The molecule has 0 radical (unpaired) electrons. The van der Waals surface area contributed by atoms with E-state index in [0.29, 0.717) is 31.2 Å². The van der Waals surface area contributed by atoms with Gasteiger partial charge in [0.05, 0.1) is 11.5 Å². The van der Waals surface area contributed by atoms with Crippen LogP contribution in [0, 0.1) is 0 Å². The molecule has 2 saturated heterocycles. The standard InChI is InChI=1S/C18H27N3O3S.2ClH/c1-14-11-17(5-6-19-14)20-18(22)16-4-2-3-15(12-16)13-21-7-9-25(23,24)10-8-21;;/h2-4,12,14,17,19H,5-11,13H2,1H3,(H,20,22);2*1H. The van der Waals surface area contributed by atoms with Gasteiger partial charge in [0.2, 0.25) is 0 Å². The quantitative estimate of drug-likeness (QED) is 0.747. The van der Waals surface area contributed by atoms with Crippen molar-refractivity contribution in [3.8, 4) is 0 Å². The molecule has 0 aromatic heterocycles. The molecular formula is C18H29Cl2N3O3S. The first-order valence-corrected chi connectivity index (χ1v) is 10.8. The summed E-state index contributed by atoms with van der Waals surface area (Å²) in [5.41, 5.74) is 1.72. The number of amides is 1. The fourth-order valence-electron chi connectivity index (χ4n) is 3.51. The Morgan fingerprint density at radius 2 is 1.96 bits per heavy atom. The zero-order valence-electron chi connectivity index (χ0n) is 15.5. The van der Waals surface area contributed by atoms with Crippen LogP contribution in [0.1, 0.15) is 35.7 Å². The number of sulfone groups is 1. The van der Waals surface area contributed by atoms with Gasteiger partial charge >= 0.3 is 0 Å². The van der Waals surface area contributed by atoms with Gasteiger partial charge in [0.25, 0.3) is 5.91 Å². The Balaban J connectivity index is 0.00000182. The molecule has 27 heavy (non-hydrogen) atoms. The fraction of sp³-hybridized carbons (Fsp3) is 0.611. The van der Waals surface area contributed by atoms with E-state index in [0.717, 1.165) is 24.9 Å². The van der Waals surface area contributed by atoms with E-state index >= 15 is 0 Å². The van der Waals surface area contributed by atoms with Gasteiger partial charge in [-0.3, -0.25) is 9.69 Å². The molecule has 2 atom stereocenters. The SMILES string of the molecule is CC1CC(NC(=O)c2cccc(CN3CCS(=O)(=O)CC3)c2)CCN1.Cl.Cl. The monoisotopic (exact) mass is 437 g/mol. The van der Waals surface area contributed by atoms with Gasteiger partial charge in [0.15, 0.2) is 9.84 Å². The number of nitrogens with zero attached hydrogens (tertiary/aromatic N) is 1. The maximum absolute atomic E-state index is 12.5. The summed E-state index contributed by atoms with van der Waals surface area (Å²) in [5.74, 6) is 0.421. The van der Waals surface area contributed by atoms with Crippen LogP contribution >= 0.6 is 24.8 Å². The summed E-state index contributed by atoms with van der Waals surface area (Å²) in [4.78, 5) is 14.7. The topological polar surface area (TPSA) is 78.5 Å². The molecule has 1 aromatic rings. The molecule has 6 nitrogen and oxygen atoms in total. The molecule has 2 aliphatic rings. The van der Waals surface area contributed by atoms with Crippen molar-refractivity contribution in [2.45, 2.75) is 38.4 Å². The number of benzene rings is 1. The second-order valence-corrected chi connectivity index (χ2v) is 9.48. The Morgan fingerprint density at radius 3 is 2.63 bits per heavy atom. The highest BCUT2D eigenvalue weighted by molar-refractivity contribution is 7.91. The van der Waals surface area contributed by atoms with Crippen molar-refractivity contribution in [1.82, 2.24) is 15.5 Å². The van der Waals surface area contributed by atoms with Crippen molar-refractivity contribution in [2.75, 3.05) is 31.1 Å². The molecule has 0 aliphatic carbocycles. The predicted molar refractivity (Wildman–Crippen MR) is 113 cm³/mol. The van der Waals surface area contributed by atoms with Crippen molar-refractivity contribution in [3.05, 3.63) is 35.4 Å². The van der Waals surface area contributed by atoms with E-state index in [-0.39, 0.29) is 48.3 Å². The molecule has 2 heterocycles. The van der Waals surface area contributed by atoms with Crippen LogP contribution in [0.4, 0.5) is 0 Å². The Labute approximate surface area is 174 Å². The molecule has 3 rings (SSSR count). The van der Waals surface area contributed by atoms with Gasteiger partial charge in [-0.2, -0.15) is 0 Å². The predicted octanol–water partition coefficient (Wildman–Crippen LogP) is 1.63. The maximum atomic E-state index is 12.5. The number of carbonyl (C=O) groups is 1. The molecular weight excluding hydrogens is 409 g/mol. The van der Waals surface area contributed by atoms with Crippen LogP contribution in [0.3, 0.4) is 0 Å². The molecule has 154 valence electrons. The van der Waals surface area contributed by atoms with Gasteiger partial charge in [-0.05, 0) is 44.0 Å². The lowest BCUT2D eigenvalue weighted by Gasteiger charge is -2.29. The minimum atomic E-state index is -2.86. The first-order valence-electron chi connectivity index (χ1n) is 8.97. The third kappa shape index (κ3) is 7.23. The average molecular weight is 438 g/mol. The lowest BCUT2D eigenvalue weighted by Crippen LogP contribution is -2.46. The molecule has 2 N–H and O–H groups in total. The van der Waals surface area contributed by atoms with Crippen LogP contribution in [0.5, 0.6) is 0 Å². The molecule has 9 heteroatoms. The number of halogens is 2. The van der Waals surface area contributed by atoms with Crippen LogP contribution in [-0.2, 0) is 16.4 Å². The van der Waals surface area contributed by atoms with E-state index in [1.54, 1.807) is 0 Å². The lowest BCUT2D eigenvalue weighted by molar-refractivity contribution is 0.0925. The first kappa shape index (κ1) is 24.2. The van der Waals surface area contributed by atoms with E-state index in [1.807, 2.05) is 24.3 Å². The number of hydrogen-bond acceptors (Lipinski definition) is 5. The van der Waals surface area contributed by atoms with Crippen LogP contribution < -0.4 is 10.6 Å². The van der Waals surface area contributed by atoms with E-state index in [9.17, 15) is 13.2 Å². The molecule has 1 amide bonds. The Morgan fingerprint density at radius 1 is 1.26 bits per heavy atom. The van der Waals surface area contributed by atoms with Gasteiger partial charge < -0.3 is 10.6 Å². The van der Waals surface area contributed by atoms with Gasteiger partial charge in [-0.25, -0.2) is 8.42 Å². The smallest absolute Gasteiger partial charge is 0.251 e. The third-order valence-corrected chi connectivity index (χ3v) is 6.60. The highest BCUT2D eigenvalue weighted by Crippen LogP contribution is 2.13. The zero-order valence-corrected chi connectivity index (χ0v) is 18.0. The lowest BCUT2D eigenvalue weighted by atomic mass is 10.00. The number of carbonyl (C=O) groups excluding carboxylic acids is 1. The average Bonchev–Trinajstić information content (AvgIpc) is 2.57. The largest absolute Gasteiger partial charge is 0.349 e. The number of piperidine rings is 1. The normalized spacial score (nSPS) is 24.9. The molecule has 2 aliphatic heterocycles. The summed E-state index contributed by atoms with van der Waals surface area (Å²) in [6.07, 6.45) is 1.91. The minimum Gasteiger partial charge on any atom is -0.349 e. The van der Waals surface area contributed by atoms with Crippen molar-refractivity contribution in [1.29, 1.82) is 0 Å². The van der Waals surface area contributed by atoms with E-state index in [4.69, 9.17) is 0 Å². The van der Waals surface area contributed by atoms with Crippen LogP contribution in [0.25, 0.3) is 0 Å². The summed E-state index contributed by atoms with van der Waals surface area (Å²) in [6, 6.07) is 8.30. The maximum Gasteiger partial charge on any atom is 0.251 e. The van der Waals surface area contributed by atoms with Crippen LogP contribution in [0.2, 0.25) is 0 Å². The summed E-state index contributed by atoms with van der Waals surface area (Å²) in [6.45, 7) is 4.88. The van der Waals surface area contributed by atoms with Gasteiger partial charge in [-0.1, -0.05) is 12.1 Å². The molecule has 1 aromatic carbocycles. The van der Waals surface area contributed by atoms with Crippen molar-refractivity contribution >= 4 is 40.6 Å². The van der Waals surface area contributed by atoms with E-state index < -0.39 is 9.84 Å². The second-order valence-electron chi connectivity index (χ2n) is 7.18. The summed E-state index contributed by atoms with van der Waals surface area (Å²) in [7, 11) is -2.86. The molecule has 2 fully saturated rings. The summed E-state index contributed by atoms with van der Waals surface area (Å²) >= 11 is 0. The third-order valence-electron chi connectivity index (χ3n) is 4.99. The molecule has 0 spiro atoms. The highest BCUT2D eigenvalue weighted by Gasteiger charge is 2.22.